The quantitative estimate of drug-likeness (QED) is 0.313. The van der Waals surface area contributed by atoms with Crippen LogP contribution in [0.3, 0.4) is 0 Å². The highest BCUT2D eigenvalue weighted by molar-refractivity contribution is 4.60. The minimum atomic E-state index is -0.201. The van der Waals surface area contributed by atoms with Gasteiger partial charge in [-0.3, -0.25) is 0 Å². The van der Waals surface area contributed by atoms with Gasteiger partial charge in [0.25, 0.3) is 0 Å². The fraction of sp³-hybridized carbons (Fsp3) is 1.00. The third-order valence-corrected chi connectivity index (χ3v) is 1.59. The maximum absolute atomic E-state index is 8.09. The SMILES string of the molecule is [N-]=[N+]=NC1CCCCCO1. The molecule has 4 heteroatoms. The molecule has 1 rings (SSSR count). The summed E-state index contributed by atoms with van der Waals surface area (Å²) in [5.41, 5.74) is 8.09. The lowest BCUT2D eigenvalue weighted by Crippen LogP contribution is -2.06. The molecule has 0 aromatic rings. The largest absolute Gasteiger partial charge is 0.372 e. The van der Waals surface area contributed by atoms with E-state index in [0.29, 0.717) is 0 Å². The van der Waals surface area contributed by atoms with Crippen molar-refractivity contribution in [2.45, 2.75) is 31.9 Å². The van der Waals surface area contributed by atoms with Gasteiger partial charge in [0, 0.05) is 11.5 Å². The smallest absolute Gasteiger partial charge is 0.136 e. The molecule has 1 unspecified atom stereocenters. The molecule has 0 bridgehead atoms. The van der Waals surface area contributed by atoms with E-state index in [1.165, 1.54) is 6.42 Å². The Hall–Kier alpha value is -0.730. The predicted octanol–water partition coefficient (Wildman–Crippen LogP) is 2.21. The van der Waals surface area contributed by atoms with Crippen molar-refractivity contribution in [2.24, 2.45) is 5.11 Å². The van der Waals surface area contributed by atoms with Crippen molar-refractivity contribution in [3.8, 4) is 0 Å². The Balaban J connectivity index is 2.34. The van der Waals surface area contributed by atoms with Gasteiger partial charge in [-0.05, 0) is 18.4 Å². The van der Waals surface area contributed by atoms with Crippen LogP contribution in [0.5, 0.6) is 0 Å². The zero-order chi connectivity index (χ0) is 7.23. The van der Waals surface area contributed by atoms with E-state index in [2.05, 4.69) is 10.0 Å². The summed E-state index contributed by atoms with van der Waals surface area (Å²) < 4.78 is 5.22. The molecule has 0 saturated carbocycles. The van der Waals surface area contributed by atoms with Crippen LogP contribution in [0.1, 0.15) is 25.7 Å². The summed E-state index contributed by atoms with van der Waals surface area (Å²) in [5.74, 6) is 0. The molecular weight excluding hydrogens is 130 g/mol. The first kappa shape index (κ1) is 7.38. The average molecular weight is 141 g/mol. The van der Waals surface area contributed by atoms with Crippen molar-refractivity contribution >= 4 is 0 Å². The summed E-state index contributed by atoms with van der Waals surface area (Å²) in [7, 11) is 0. The first-order valence-corrected chi connectivity index (χ1v) is 3.59. The molecule has 1 heterocycles. The van der Waals surface area contributed by atoms with Crippen molar-refractivity contribution in [3.63, 3.8) is 0 Å². The third kappa shape index (κ3) is 2.25. The van der Waals surface area contributed by atoms with Crippen LogP contribution in [0.2, 0.25) is 0 Å². The average Bonchev–Trinajstić information content (AvgIpc) is 2.17. The predicted molar refractivity (Wildman–Crippen MR) is 37.4 cm³/mol. The number of hydrogen-bond donors (Lipinski definition) is 0. The minimum Gasteiger partial charge on any atom is -0.372 e. The maximum atomic E-state index is 8.09. The molecule has 1 aliphatic heterocycles. The Labute approximate surface area is 59.8 Å². The van der Waals surface area contributed by atoms with Crippen LogP contribution in [-0.4, -0.2) is 12.8 Å². The Bertz CT molecular complexity index is 134. The second-order valence-corrected chi connectivity index (χ2v) is 2.38. The van der Waals surface area contributed by atoms with Crippen LogP contribution in [0.4, 0.5) is 0 Å². The van der Waals surface area contributed by atoms with E-state index in [4.69, 9.17) is 10.3 Å². The van der Waals surface area contributed by atoms with Gasteiger partial charge in [0.2, 0.25) is 0 Å². The van der Waals surface area contributed by atoms with Crippen LogP contribution in [0, 0.1) is 0 Å². The van der Waals surface area contributed by atoms with Gasteiger partial charge in [0.1, 0.15) is 6.23 Å². The van der Waals surface area contributed by atoms with Crippen LogP contribution >= 0.6 is 0 Å². The van der Waals surface area contributed by atoms with Gasteiger partial charge in [0.05, 0.1) is 0 Å². The minimum absolute atomic E-state index is 0.201. The molecule has 0 aliphatic carbocycles. The van der Waals surface area contributed by atoms with Gasteiger partial charge in [-0.15, -0.1) is 0 Å². The summed E-state index contributed by atoms with van der Waals surface area (Å²) in [6, 6.07) is 0. The summed E-state index contributed by atoms with van der Waals surface area (Å²) in [6.45, 7) is 0.740. The summed E-state index contributed by atoms with van der Waals surface area (Å²) in [5, 5.41) is 3.50. The fourth-order valence-electron chi connectivity index (χ4n) is 1.05. The summed E-state index contributed by atoms with van der Waals surface area (Å²) >= 11 is 0. The first-order chi connectivity index (χ1) is 4.93. The fourth-order valence-corrected chi connectivity index (χ4v) is 1.05. The van der Waals surface area contributed by atoms with Crippen LogP contribution in [0.25, 0.3) is 10.4 Å². The lowest BCUT2D eigenvalue weighted by atomic mass is 10.2. The normalized spacial score (nSPS) is 26.6. The Morgan fingerprint density at radius 2 is 2.30 bits per heavy atom. The summed E-state index contributed by atoms with van der Waals surface area (Å²) in [6.07, 6.45) is 4.08. The van der Waals surface area contributed by atoms with Gasteiger partial charge in [-0.2, -0.15) is 0 Å². The van der Waals surface area contributed by atoms with Crippen LogP contribution in [-0.2, 0) is 4.74 Å². The van der Waals surface area contributed by atoms with Gasteiger partial charge in [-0.1, -0.05) is 18.0 Å². The number of hydrogen-bond acceptors (Lipinski definition) is 2. The molecule has 1 saturated heterocycles. The first-order valence-electron chi connectivity index (χ1n) is 3.59. The van der Waals surface area contributed by atoms with E-state index in [1.807, 2.05) is 0 Å². The number of nitrogens with zero attached hydrogens (tertiary/aromatic N) is 3. The van der Waals surface area contributed by atoms with E-state index < -0.39 is 0 Å². The van der Waals surface area contributed by atoms with E-state index in [9.17, 15) is 0 Å². The zero-order valence-electron chi connectivity index (χ0n) is 5.86. The van der Waals surface area contributed by atoms with Crippen molar-refractivity contribution in [1.82, 2.24) is 0 Å². The van der Waals surface area contributed by atoms with Gasteiger partial charge < -0.3 is 4.74 Å². The number of ether oxygens (including phenoxy) is 1. The second kappa shape index (κ2) is 4.14. The lowest BCUT2D eigenvalue weighted by Gasteiger charge is -2.05. The van der Waals surface area contributed by atoms with Gasteiger partial charge >= 0.3 is 0 Å². The molecule has 1 fully saturated rings. The standard InChI is InChI=1S/C6H11N3O/c7-9-8-6-4-2-1-3-5-10-6/h6H,1-5H2. The highest BCUT2D eigenvalue weighted by atomic mass is 16.5. The highest BCUT2D eigenvalue weighted by Gasteiger charge is 2.08. The molecule has 0 amide bonds. The highest BCUT2D eigenvalue weighted by Crippen LogP contribution is 2.13. The van der Waals surface area contributed by atoms with E-state index in [-0.39, 0.29) is 6.23 Å². The maximum Gasteiger partial charge on any atom is 0.136 e. The van der Waals surface area contributed by atoms with E-state index in [0.717, 1.165) is 25.9 Å². The van der Waals surface area contributed by atoms with Crippen molar-refractivity contribution < 1.29 is 4.74 Å². The molecule has 0 spiro atoms. The lowest BCUT2D eigenvalue weighted by molar-refractivity contribution is 0.0639. The molecular formula is C6H11N3O. The van der Waals surface area contributed by atoms with Gasteiger partial charge in [-0.25, -0.2) is 0 Å². The second-order valence-electron chi connectivity index (χ2n) is 2.38. The number of azide groups is 1. The van der Waals surface area contributed by atoms with Crippen molar-refractivity contribution in [2.75, 3.05) is 6.61 Å². The summed E-state index contributed by atoms with van der Waals surface area (Å²) in [4.78, 5) is 2.70. The zero-order valence-corrected chi connectivity index (χ0v) is 5.86. The molecule has 0 N–H and O–H groups in total. The molecule has 1 atom stereocenters. The van der Waals surface area contributed by atoms with Crippen molar-refractivity contribution in [1.29, 1.82) is 0 Å². The molecule has 0 aromatic carbocycles. The molecule has 56 valence electrons. The van der Waals surface area contributed by atoms with Crippen LogP contribution in [0.15, 0.2) is 5.11 Å². The van der Waals surface area contributed by atoms with Gasteiger partial charge in [0.15, 0.2) is 0 Å². The Kier molecular flexibility index (Phi) is 3.06. The molecule has 0 aromatic heterocycles. The molecule has 10 heavy (non-hydrogen) atoms. The van der Waals surface area contributed by atoms with Crippen molar-refractivity contribution in [3.05, 3.63) is 10.4 Å². The molecule has 1 aliphatic rings. The Morgan fingerprint density at radius 1 is 1.40 bits per heavy atom. The topological polar surface area (TPSA) is 58.0 Å². The molecule has 4 nitrogen and oxygen atoms in total. The number of rotatable bonds is 1. The van der Waals surface area contributed by atoms with Crippen LogP contribution < -0.4 is 0 Å². The monoisotopic (exact) mass is 141 g/mol. The van der Waals surface area contributed by atoms with E-state index >= 15 is 0 Å². The van der Waals surface area contributed by atoms with E-state index in [1.54, 1.807) is 0 Å². The third-order valence-electron chi connectivity index (χ3n) is 1.59. The molecule has 0 radical (unpaired) electrons. The Morgan fingerprint density at radius 3 is 3.10 bits per heavy atom.